The Morgan fingerprint density at radius 1 is 0.962 bits per heavy atom. The average Bonchev–Trinajstić information content (AvgIpc) is 3.07. The lowest BCUT2D eigenvalue weighted by atomic mass is 9.91. The van der Waals surface area contributed by atoms with Crippen LogP contribution in [-0.2, 0) is 0 Å². The van der Waals surface area contributed by atoms with Crippen molar-refractivity contribution in [2.24, 2.45) is 0 Å². The summed E-state index contributed by atoms with van der Waals surface area (Å²) in [7, 11) is 0. The van der Waals surface area contributed by atoms with Gasteiger partial charge in [-0.05, 0) is 43.2 Å². The number of benzene rings is 2. The number of aromatic nitrogens is 1. The number of hydrogen-bond acceptors (Lipinski definition) is 0. The summed E-state index contributed by atoms with van der Waals surface area (Å²) in [5, 5.41) is 1.27. The maximum absolute atomic E-state index is 2.40. The molecule has 2 aromatic carbocycles. The molecule has 1 unspecified atom stereocenters. The van der Waals surface area contributed by atoms with Gasteiger partial charge in [-0.3, -0.25) is 0 Å². The van der Waals surface area contributed by atoms with Crippen molar-refractivity contribution in [3.63, 3.8) is 0 Å². The molecule has 128 valence electrons. The Kier molecular flexibility index (Phi) is 4.70. The number of nitrogens with zero attached hydrogens (tertiary/aromatic N) is 1. The van der Waals surface area contributed by atoms with Gasteiger partial charge in [0.1, 0.15) is 0 Å². The van der Waals surface area contributed by atoms with E-state index in [1.54, 1.807) is 0 Å². The number of allylic oxidation sites excluding steroid dienone is 7. The Labute approximate surface area is 155 Å². The Hall–Kier alpha value is -3.06. The Bertz CT molecular complexity index is 1010. The molecule has 4 rings (SSSR count). The summed E-state index contributed by atoms with van der Waals surface area (Å²) < 4.78 is 2.36. The van der Waals surface area contributed by atoms with E-state index in [1.807, 2.05) is 6.92 Å². The topological polar surface area (TPSA) is 4.93 Å². The van der Waals surface area contributed by atoms with Crippen LogP contribution in [-0.4, -0.2) is 4.57 Å². The van der Waals surface area contributed by atoms with Crippen LogP contribution in [0.5, 0.6) is 0 Å². The van der Waals surface area contributed by atoms with Crippen molar-refractivity contribution in [2.45, 2.75) is 19.3 Å². The number of rotatable bonds is 4. The van der Waals surface area contributed by atoms with E-state index in [4.69, 9.17) is 0 Å². The first-order valence-corrected chi connectivity index (χ1v) is 9.20. The zero-order valence-corrected chi connectivity index (χ0v) is 15.0. The fourth-order valence-corrected chi connectivity index (χ4v) is 3.60. The van der Waals surface area contributed by atoms with Gasteiger partial charge in [0.2, 0.25) is 0 Å². The number of hydrogen-bond donors (Lipinski definition) is 0. The van der Waals surface area contributed by atoms with Crippen molar-refractivity contribution in [3.05, 3.63) is 108 Å². The van der Waals surface area contributed by atoms with Crippen LogP contribution in [0.1, 0.15) is 30.5 Å². The Morgan fingerprint density at radius 3 is 2.62 bits per heavy atom. The van der Waals surface area contributed by atoms with Crippen LogP contribution in [0, 0.1) is 0 Å². The van der Waals surface area contributed by atoms with E-state index in [-0.39, 0.29) is 0 Å². The predicted molar refractivity (Wildman–Crippen MR) is 113 cm³/mol. The molecule has 0 saturated carbocycles. The van der Waals surface area contributed by atoms with Crippen molar-refractivity contribution < 1.29 is 0 Å². The monoisotopic (exact) mass is 337 g/mol. The second-order valence-electron chi connectivity index (χ2n) is 6.60. The van der Waals surface area contributed by atoms with E-state index in [2.05, 4.69) is 108 Å². The molecule has 1 nitrogen and oxygen atoms in total. The van der Waals surface area contributed by atoms with Crippen LogP contribution >= 0.6 is 0 Å². The highest BCUT2D eigenvalue weighted by Crippen LogP contribution is 2.32. The SMILES string of the molecule is C/C=C\C=C/c1cc2ccccc2n1C1=CC(c2ccccc2)CC=C1. The maximum atomic E-state index is 2.40. The summed E-state index contributed by atoms with van der Waals surface area (Å²) in [6.45, 7) is 2.04. The molecule has 0 aliphatic heterocycles. The van der Waals surface area contributed by atoms with E-state index in [1.165, 1.54) is 27.9 Å². The highest BCUT2D eigenvalue weighted by atomic mass is 15.0. The molecule has 1 heteroatoms. The van der Waals surface area contributed by atoms with Crippen LogP contribution in [0.15, 0.2) is 97.1 Å². The van der Waals surface area contributed by atoms with Gasteiger partial charge in [-0.25, -0.2) is 0 Å². The van der Waals surface area contributed by atoms with Gasteiger partial charge >= 0.3 is 0 Å². The van der Waals surface area contributed by atoms with Gasteiger partial charge in [-0.15, -0.1) is 0 Å². The molecule has 26 heavy (non-hydrogen) atoms. The smallest absolute Gasteiger partial charge is 0.0534 e. The van der Waals surface area contributed by atoms with Gasteiger partial charge in [0, 0.05) is 22.7 Å². The minimum absolute atomic E-state index is 0.421. The van der Waals surface area contributed by atoms with Gasteiger partial charge in [0.15, 0.2) is 0 Å². The third-order valence-corrected chi connectivity index (χ3v) is 4.85. The van der Waals surface area contributed by atoms with Crippen LogP contribution in [0.2, 0.25) is 0 Å². The van der Waals surface area contributed by atoms with Gasteiger partial charge in [0.25, 0.3) is 0 Å². The molecule has 0 radical (unpaired) electrons. The van der Waals surface area contributed by atoms with E-state index in [0.29, 0.717) is 5.92 Å². The van der Waals surface area contributed by atoms with Gasteiger partial charge in [-0.1, -0.05) is 78.9 Å². The molecule has 1 aromatic heterocycles. The van der Waals surface area contributed by atoms with E-state index in [9.17, 15) is 0 Å². The third-order valence-electron chi connectivity index (χ3n) is 4.85. The molecular formula is C25H23N. The summed E-state index contributed by atoms with van der Waals surface area (Å²) >= 11 is 0. The lowest BCUT2D eigenvalue weighted by Gasteiger charge is -2.19. The fourth-order valence-electron chi connectivity index (χ4n) is 3.60. The second-order valence-corrected chi connectivity index (χ2v) is 6.60. The maximum Gasteiger partial charge on any atom is 0.0534 e. The molecule has 1 aliphatic rings. The molecular weight excluding hydrogens is 314 g/mol. The highest BCUT2D eigenvalue weighted by molar-refractivity contribution is 5.88. The summed E-state index contributed by atoms with van der Waals surface area (Å²) in [5.74, 6) is 0.421. The first kappa shape index (κ1) is 16.4. The van der Waals surface area contributed by atoms with Crippen molar-refractivity contribution >= 4 is 22.7 Å². The largest absolute Gasteiger partial charge is 0.310 e. The van der Waals surface area contributed by atoms with Crippen LogP contribution < -0.4 is 0 Å². The van der Waals surface area contributed by atoms with E-state index in [0.717, 1.165) is 6.42 Å². The minimum Gasteiger partial charge on any atom is -0.310 e. The summed E-state index contributed by atoms with van der Waals surface area (Å²) in [6, 6.07) is 21.6. The van der Waals surface area contributed by atoms with E-state index >= 15 is 0 Å². The number of para-hydroxylation sites is 1. The Morgan fingerprint density at radius 2 is 1.77 bits per heavy atom. The summed E-state index contributed by atoms with van der Waals surface area (Å²) in [6.07, 6.45) is 16.4. The zero-order chi connectivity index (χ0) is 17.8. The standard InChI is InChI=1S/C25H23N/c1-2-3-5-15-23-19-22-13-8-9-17-25(22)26(23)24-16-10-14-21(18-24)20-11-6-4-7-12-20/h2-13,15-19,21H,14H2,1H3/b3-2-,15-5-. The van der Waals surface area contributed by atoms with Crippen LogP contribution in [0.4, 0.5) is 0 Å². The zero-order valence-electron chi connectivity index (χ0n) is 15.0. The first-order chi connectivity index (χ1) is 12.9. The van der Waals surface area contributed by atoms with Crippen molar-refractivity contribution in [1.29, 1.82) is 0 Å². The molecule has 1 heterocycles. The third kappa shape index (κ3) is 3.21. The van der Waals surface area contributed by atoms with Crippen molar-refractivity contribution in [3.8, 4) is 0 Å². The quantitative estimate of drug-likeness (QED) is 0.461. The molecule has 0 amide bonds. The normalized spacial score (nSPS) is 17.4. The minimum atomic E-state index is 0.421. The van der Waals surface area contributed by atoms with Crippen molar-refractivity contribution in [1.82, 2.24) is 4.57 Å². The first-order valence-electron chi connectivity index (χ1n) is 9.20. The predicted octanol–water partition coefficient (Wildman–Crippen LogP) is 6.82. The molecule has 0 saturated heterocycles. The summed E-state index contributed by atoms with van der Waals surface area (Å²) in [5.41, 5.74) is 5.06. The number of fused-ring (bicyclic) bond motifs is 1. The molecule has 0 bridgehead atoms. The fraction of sp³-hybridized carbons (Fsp3) is 0.120. The van der Waals surface area contributed by atoms with Crippen LogP contribution in [0.3, 0.4) is 0 Å². The molecule has 3 aromatic rings. The van der Waals surface area contributed by atoms with Gasteiger partial charge in [0.05, 0.1) is 5.52 Å². The van der Waals surface area contributed by atoms with Gasteiger partial charge < -0.3 is 4.57 Å². The molecule has 0 fully saturated rings. The molecule has 1 aliphatic carbocycles. The molecule has 0 N–H and O–H groups in total. The Balaban J connectivity index is 1.83. The summed E-state index contributed by atoms with van der Waals surface area (Å²) in [4.78, 5) is 0. The lowest BCUT2D eigenvalue weighted by molar-refractivity contribution is 0.847. The second kappa shape index (κ2) is 7.45. The lowest BCUT2D eigenvalue weighted by Crippen LogP contribution is -2.04. The van der Waals surface area contributed by atoms with Crippen molar-refractivity contribution in [2.75, 3.05) is 0 Å². The molecule has 1 atom stereocenters. The van der Waals surface area contributed by atoms with Gasteiger partial charge in [-0.2, -0.15) is 0 Å². The highest BCUT2D eigenvalue weighted by Gasteiger charge is 2.15. The average molecular weight is 337 g/mol. The van der Waals surface area contributed by atoms with E-state index < -0.39 is 0 Å². The van der Waals surface area contributed by atoms with Crippen LogP contribution in [0.25, 0.3) is 22.7 Å². The molecule has 0 spiro atoms.